The molecule has 0 spiro atoms. The molecule has 1 aromatic heterocycles. The molecule has 0 aliphatic carbocycles. The average molecular weight is 467 g/mol. The van der Waals surface area contributed by atoms with Crippen LogP contribution in [-0.2, 0) is 0 Å². The van der Waals surface area contributed by atoms with Crippen LogP contribution in [0.5, 0.6) is 0 Å². The zero-order valence-corrected chi connectivity index (χ0v) is 20.6. The number of hydrogen-bond donors (Lipinski definition) is 0. The third-order valence-corrected chi connectivity index (χ3v) is 18.1. The van der Waals surface area contributed by atoms with Crippen LogP contribution in [0.15, 0.2) is 83.4 Å². The second-order valence-electron chi connectivity index (χ2n) is 11.2. The predicted molar refractivity (Wildman–Crippen MR) is 161 cm³/mol. The molecule has 6 aliphatic heterocycles. The molecule has 35 heavy (non-hydrogen) atoms. The predicted octanol–water partition coefficient (Wildman–Crippen LogP) is 2.39. The molecule has 0 unspecified atom stereocenters. The summed E-state index contributed by atoms with van der Waals surface area (Å²) >= 11 is 0. The van der Waals surface area contributed by atoms with Crippen LogP contribution in [0.1, 0.15) is 0 Å². The van der Waals surface area contributed by atoms with Gasteiger partial charge in [-0.15, -0.1) is 0 Å². The molecule has 2 nitrogen and oxygen atoms in total. The molecule has 5 radical (unpaired) electrons. The van der Waals surface area contributed by atoms with Gasteiger partial charge in [0.05, 0.1) is 0 Å². The fraction of sp³-hybridized carbons (Fsp3) is 0. The second kappa shape index (κ2) is 5.20. The van der Waals surface area contributed by atoms with Crippen LogP contribution in [-0.4, -0.2) is 50.8 Å². The van der Waals surface area contributed by atoms with E-state index in [1.807, 2.05) is 0 Å². The third kappa shape index (κ3) is 1.79. The Morgan fingerprint density at radius 3 is 2.46 bits per heavy atom. The van der Waals surface area contributed by atoms with Crippen LogP contribution in [0.4, 0.5) is 0 Å². The van der Waals surface area contributed by atoms with Crippen LogP contribution in [0.3, 0.4) is 0 Å². The molecule has 0 bridgehead atoms. The van der Waals surface area contributed by atoms with Gasteiger partial charge in [0.1, 0.15) is 0 Å². The summed E-state index contributed by atoms with van der Waals surface area (Å²) in [5.74, 6) is 0. The van der Waals surface area contributed by atoms with E-state index >= 15 is 0 Å². The average Bonchev–Trinajstić information content (AvgIpc) is 3.82. The monoisotopic (exact) mass is 468 g/mol. The second-order valence-corrected chi connectivity index (χ2v) is 18.1. The number of hydrogen-bond acceptors (Lipinski definition) is 1. The van der Waals surface area contributed by atoms with Gasteiger partial charge in [0.2, 0.25) is 0 Å². The van der Waals surface area contributed by atoms with Crippen LogP contribution in [0, 0.1) is 0 Å². The molecule has 4 saturated heterocycles. The molecule has 151 valence electrons. The van der Waals surface area contributed by atoms with Crippen LogP contribution < -0.4 is 21.7 Å². The Bertz CT molecular complexity index is 1950. The fourth-order valence-corrected chi connectivity index (χ4v) is 17.0. The van der Waals surface area contributed by atoms with E-state index in [0.717, 1.165) is 12.4 Å². The number of para-hydroxylation sites is 1. The molecule has 0 atom stereocenters. The molecule has 11 heteroatoms. The molecule has 5 aromatic rings. The summed E-state index contributed by atoms with van der Waals surface area (Å²) in [6.07, 6.45) is 0.0699. The molecule has 0 amide bonds. The Labute approximate surface area is 207 Å². The summed E-state index contributed by atoms with van der Waals surface area (Å²) in [5.41, 5.74) is 11.5. The van der Waals surface area contributed by atoms with Crippen molar-refractivity contribution in [1.82, 2.24) is 4.57 Å². The van der Waals surface area contributed by atoms with Gasteiger partial charge in [-0.25, -0.2) is 0 Å². The van der Waals surface area contributed by atoms with Gasteiger partial charge < -0.3 is 0 Å². The first-order valence-corrected chi connectivity index (χ1v) is 16.5. The van der Waals surface area contributed by atoms with E-state index in [4.69, 9.17) is 4.52 Å². The van der Waals surface area contributed by atoms with E-state index in [2.05, 4.69) is 104 Å². The Hall–Kier alpha value is -2.34. The van der Waals surface area contributed by atoms with Crippen molar-refractivity contribution in [1.29, 1.82) is 0 Å². The number of fused-ring (bicyclic) bond motifs is 10. The Balaban J connectivity index is 1.36. The minimum absolute atomic E-state index is 0.0929. The molecular weight excluding hydrogens is 454 g/mol. The quantitative estimate of drug-likeness (QED) is 0.275. The third-order valence-electron chi connectivity index (χ3n) is 9.65. The van der Waals surface area contributed by atoms with Gasteiger partial charge in [0.25, 0.3) is 0 Å². The standard InChI is InChI=1S/C24H13B7N2P2/c1-3-9-18-14(6-1)16-8-5-11-20-22(16)28(18)23-21(35(26-29(35)27-35)32-34-30-25-31(30)34)13-12-17-15-7-2-4-10-19(15)33(20)24(17)23/h1-13H/q-1. The van der Waals surface area contributed by atoms with Crippen molar-refractivity contribution < 1.29 is 0 Å². The maximum absolute atomic E-state index is 5.80. The van der Waals surface area contributed by atoms with E-state index in [9.17, 15) is 0 Å². The summed E-state index contributed by atoms with van der Waals surface area (Å²) in [6, 6.07) is 30.0. The molecule has 0 saturated carbocycles. The first-order chi connectivity index (χ1) is 17.3. The van der Waals surface area contributed by atoms with Crippen LogP contribution >= 0.6 is 13.9 Å². The molecule has 4 fully saturated rings. The van der Waals surface area contributed by atoms with E-state index in [0.29, 0.717) is 12.9 Å². The molecular formula is C24H13B7N2P2-. The van der Waals surface area contributed by atoms with Gasteiger partial charge in [-0.1, -0.05) is 0 Å². The number of aromatic nitrogens is 1. The summed E-state index contributed by atoms with van der Waals surface area (Å²) in [5, 5.41) is 4.35. The molecule has 0 N–H and O–H groups in total. The summed E-state index contributed by atoms with van der Waals surface area (Å²) in [7, 11) is 2.41. The van der Waals surface area contributed by atoms with E-state index < -0.39 is 6.39 Å². The van der Waals surface area contributed by atoms with E-state index in [-0.39, 0.29) is 7.47 Å². The van der Waals surface area contributed by atoms with Gasteiger partial charge in [-0.05, 0) is 0 Å². The van der Waals surface area contributed by atoms with Crippen molar-refractivity contribution in [3.8, 4) is 16.8 Å². The summed E-state index contributed by atoms with van der Waals surface area (Å²) in [6.45, 7) is 5.63. The number of benzene rings is 4. The molecule has 11 rings (SSSR count). The minimum atomic E-state index is -2.30. The molecule has 6 aliphatic rings. The van der Waals surface area contributed by atoms with Crippen molar-refractivity contribution >= 4 is 104 Å². The first kappa shape index (κ1) is 18.0. The summed E-state index contributed by atoms with van der Waals surface area (Å²) in [4.78, 5) is 0. The van der Waals surface area contributed by atoms with Gasteiger partial charge in [0.15, 0.2) is 0 Å². The van der Waals surface area contributed by atoms with Crippen molar-refractivity contribution in [3.63, 3.8) is 0 Å². The fourth-order valence-electron chi connectivity index (χ4n) is 7.63. The van der Waals surface area contributed by atoms with Crippen molar-refractivity contribution in [2.24, 2.45) is 4.52 Å². The van der Waals surface area contributed by atoms with Crippen LogP contribution in [0.2, 0.25) is 0 Å². The first-order valence-electron chi connectivity index (χ1n) is 12.7. The van der Waals surface area contributed by atoms with Gasteiger partial charge in [-0.2, -0.15) is 0 Å². The molecule has 4 aromatic carbocycles. The zero-order chi connectivity index (χ0) is 22.3. The topological polar surface area (TPSA) is 17.3 Å². The van der Waals surface area contributed by atoms with Gasteiger partial charge in [0, 0.05) is 0 Å². The Kier molecular flexibility index (Phi) is 2.67. The van der Waals surface area contributed by atoms with Crippen LogP contribution in [0.25, 0.3) is 38.6 Å². The number of nitrogens with zero attached hydrogens (tertiary/aromatic N) is 2. The SMILES string of the molecule is [B]1B2[B-]P12(N=[P+]1B2[B-]B21)c1ccc2c3ccccc3n3c2c1B1c2ccccc2-c2cccc-3c21. The number of rotatable bonds is 2. The van der Waals surface area contributed by atoms with Gasteiger partial charge in [-0.3, -0.25) is 0 Å². The Morgan fingerprint density at radius 1 is 0.829 bits per heavy atom. The maximum atomic E-state index is 5.80. The van der Waals surface area contributed by atoms with Crippen molar-refractivity contribution in [3.05, 3.63) is 78.9 Å². The van der Waals surface area contributed by atoms with Crippen molar-refractivity contribution in [2.45, 2.75) is 0 Å². The van der Waals surface area contributed by atoms with Crippen molar-refractivity contribution in [2.75, 3.05) is 0 Å². The van der Waals surface area contributed by atoms with E-state index in [1.54, 1.807) is 10.8 Å². The summed E-state index contributed by atoms with van der Waals surface area (Å²) < 4.78 is 8.40. The van der Waals surface area contributed by atoms with Gasteiger partial charge >= 0.3 is 208 Å². The van der Waals surface area contributed by atoms with E-state index in [1.165, 1.54) is 49.5 Å². The Morgan fingerprint density at radius 2 is 1.63 bits per heavy atom. The normalized spacial score (nSPS) is 22.1. The zero-order valence-electron chi connectivity index (χ0n) is 18.8. The molecule has 7 heterocycles.